The molecule has 102 valence electrons. The van der Waals surface area contributed by atoms with Crippen molar-refractivity contribution in [3.8, 4) is 0 Å². The van der Waals surface area contributed by atoms with E-state index in [4.69, 9.17) is 17.3 Å². The van der Waals surface area contributed by atoms with Gasteiger partial charge in [-0.05, 0) is 18.2 Å². The quantitative estimate of drug-likeness (QED) is 0.837. The highest BCUT2D eigenvalue weighted by molar-refractivity contribution is 7.89. The van der Waals surface area contributed by atoms with Gasteiger partial charge in [0.15, 0.2) is 0 Å². The molecule has 0 fully saturated rings. The molecular formula is C9H10ClF3N2O2S. The Labute approximate surface area is 107 Å². The fraction of sp³-hybridized carbons (Fsp3) is 0.333. The lowest BCUT2D eigenvalue weighted by Gasteiger charge is -2.09. The van der Waals surface area contributed by atoms with Crippen LogP contribution >= 0.6 is 11.6 Å². The average molecular weight is 303 g/mol. The minimum Gasteiger partial charge on any atom is -0.397 e. The molecule has 1 rings (SSSR count). The maximum absolute atomic E-state index is 11.9. The van der Waals surface area contributed by atoms with Crippen LogP contribution in [0, 0.1) is 0 Å². The van der Waals surface area contributed by atoms with Gasteiger partial charge in [0.05, 0.1) is 22.0 Å². The van der Waals surface area contributed by atoms with Crippen molar-refractivity contribution in [1.29, 1.82) is 0 Å². The summed E-state index contributed by atoms with van der Waals surface area (Å²) in [5, 5.41) is 0.171. The normalized spacial score (nSPS) is 12.7. The fourth-order valence-electron chi connectivity index (χ4n) is 1.10. The third kappa shape index (κ3) is 4.35. The van der Waals surface area contributed by atoms with Crippen molar-refractivity contribution < 1.29 is 21.6 Å². The molecule has 0 radical (unpaired) electrons. The van der Waals surface area contributed by atoms with Crippen molar-refractivity contribution in [3.63, 3.8) is 0 Å². The van der Waals surface area contributed by atoms with Gasteiger partial charge >= 0.3 is 6.18 Å². The number of alkyl halides is 3. The summed E-state index contributed by atoms with van der Waals surface area (Å²) in [6.07, 6.45) is -5.66. The Morgan fingerprint density at radius 1 is 1.33 bits per heavy atom. The molecule has 1 aromatic rings. The molecule has 0 aliphatic heterocycles. The van der Waals surface area contributed by atoms with Crippen LogP contribution in [-0.4, -0.2) is 21.1 Å². The molecule has 0 aliphatic rings. The maximum Gasteiger partial charge on any atom is 0.390 e. The van der Waals surface area contributed by atoms with Gasteiger partial charge in [0.1, 0.15) is 0 Å². The summed E-state index contributed by atoms with van der Waals surface area (Å²) in [5.41, 5.74) is 5.45. The van der Waals surface area contributed by atoms with E-state index in [2.05, 4.69) is 0 Å². The first-order valence-corrected chi connectivity index (χ1v) is 6.59. The Hall–Kier alpha value is -0.990. The zero-order valence-electron chi connectivity index (χ0n) is 8.96. The molecule has 0 aromatic heterocycles. The molecule has 0 unspecified atom stereocenters. The second kappa shape index (κ2) is 5.33. The van der Waals surface area contributed by atoms with Crippen molar-refractivity contribution in [1.82, 2.24) is 4.72 Å². The molecule has 0 spiro atoms. The topological polar surface area (TPSA) is 72.2 Å². The lowest BCUT2D eigenvalue weighted by Crippen LogP contribution is -2.28. The van der Waals surface area contributed by atoms with Gasteiger partial charge in [-0.25, -0.2) is 13.1 Å². The second-order valence-corrected chi connectivity index (χ2v) is 5.62. The van der Waals surface area contributed by atoms with Gasteiger partial charge in [-0.15, -0.1) is 0 Å². The summed E-state index contributed by atoms with van der Waals surface area (Å²) in [6, 6.07) is 3.50. The van der Waals surface area contributed by atoms with Crippen molar-refractivity contribution in [3.05, 3.63) is 23.2 Å². The predicted octanol–water partition coefficient (Wildman–Crippen LogP) is 2.15. The SMILES string of the molecule is Nc1cc(S(=O)(=O)NCCC(F)(F)F)ccc1Cl. The second-order valence-electron chi connectivity index (χ2n) is 3.45. The van der Waals surface area contributed by atoms with Gasteiger partial charge in [-0.2, -0.15) is 13.2 Å². The van der Waals surface area contributed by atoms with Crippen molar-refractivity contribution in [2.24, 2.45) is 0 Å². The third-order valence-electron chi connectivity index (χ3n) is 1.98. The lowest BCUT2D eigenvalue weighted by molar-refractivity contribution is -0.132. The number of anilines is 1. The Morgan fingerprint density at radius 3 is 2.44 bits per heavy atom. The van der Waals surface area contributed by atoms with Crippen LogP contribution in [0.15, 0.2) is 23.1 Å². The van der Waals surface area contributed by atoms with Crippen LogP contribution < -0.4 is 10.5 Å². The largest absolute Gasteiger partial charge is 0.397 e. The highest BCUT2D eigenvalue weighted by Crippen LogP contribution is 2.22. The van der Waals surface area contributed by atoms with Crippen molar-refractivity contribution >= 4 is 27.3 Å². The summed E-state index contributed by atoms with van der Waals surface area (Å²) in [6.45, 7) is -0.728. The summed E-state index contributed by atoms with van der Waals surface area (Å²) < 4.78 is 60.7. The number of nitrogens with two attached hydrogens (primary N) is 1. The van der Waals surface area contributed by atoms with Gasteiger partial charge in [-0.3, -0.25) is 0 Å². The monoisotopic (exact) mass is 302 g/mol. The number of benzene rings is 1. The van der Waals surface area contributed by atoms with Crippen LogP contribution in [-0.2, 0) is 10.0 Å². The van der Waals surface area contributed by atoms with Crippen molar-refractivity contribution in [2.75, 3.05) is 12.3 Å². The van der Waals surface area contributed by atoms with Crippen LogP contribution in [0.3, 0.4) is 0 Å². The molecule has 0 heterocycles. The zero-order chi connectivity index (χ0) is 14.0. The van der Waals surface area contributed by atoms with E-state index in [0.717, 1.165) is 12.1 Å². The summed E-state index contributed by atoms with van der Waals surface area (Å²) in [7, 11) is -4.01. The molecule has 0 atom stereocenters. The predicted molar refractivity (Wildman–Crippen MR) is 61.7 cm³/mol. The van der Waals surface area contributed by atoms with Crippen LogP contribution in [0.4, 0.5) is 18.9 Å². The number of rotatable bonds is 4. The molecule has 4 nitrogen and oxygen atoms in total. The maximum atomic E-state index is 11.9. The molecule has 0 saturated heterocycles. The molecule has 1 aromatic carbocycles. The fourth-order valence-corrected chi connectivity index (χ4v) is 2.28. The Bertz CT molecular complexity index is 531. The minimum absolute atomic E-state index is 0.0374. The summed E-state index contributed by atoms with van der Waals surface area (Å²) >= 11 is 5.61. The average Bonchev–Trinajstić information content (AvgIpc) is 2.19. The smallest absolute Gasteiger partial charge is 0.390 e. The van der Waals surface area contributed by atoms with Gasteiger partial charge in [0.25, 0.3) is 0 Å². The van der Waals surface area contributed by atoms with E-state index >= 15 is 0 Å². The van der Waals surface area contributed by atoms with E-state index in [9.17, 15) is 21.6 Å². The Balaban J connectivity index is 2.77. The summed E-state index contributed by atoms with van der Waals surface area (Å²) in [4.78, 5) is -0.230. The lowest BCUT2D eigenvalue weighted by atomic mass is 10.3. The Morgan fingerprint density at radius 2 is 1.94 bits per heavy atom. The zero-order valence-corrected chi connectivity index (χ0v) is 10.5. The highest BCUT2D eigenvalue weighted by atomic mass is 35.5. The van der Waals surface area contributed by atoms with E-state index in [1.165, 1.54) is 6.07 Å². The minimum atomic E-state index is -4.42. The molecule has 3 N–H and O–H groups in total. The molecule has 0 bridgehead atoms. The van der Waals surface area contributed by atoms with E-state index < -0.39 is 29.2 Å². The first kappa shape index (κ1) is 15.1. The van der Waals surface area contributed by atoms with Crippen LogP contribution in [0.2, 0.25) is 5.02 Å². The third-order valence-corrected chi connectivity index (χ3v) is 3.78. The molecule has 0 amide bonds. The number of sulfonamides is 1. The van der Waals surface area contributed by atoms with Crippen molar-refractivity contribution in [2.45, 2.75) is 17.5 Å². The van der Waals surface area contributed by atoms with Gasteiger partial charge in [0, 0.05) is 6.54 Å². The standard InChI is InChI=1S/C9H10ClF3N2O2S/c10-7-2-1-6(5-8(7)14)18(16,17)15-4-3-9(11,12)13/h1-2,5,15H,3-4,14H2. The number of nitrogens with one attached hydrogen (secondary N) is 1. The summed E-state index contributed by atoms with van der Waals surface area (Å²) in [5.74, 6) is 0. The number of halogens is 4. The van der Waals surface area contributed by atoms with E-state index in [1.807, 2.05) is 4.72 Å². The molecule has 0 saturated carbocycles. The van der Waals surface area contributed by atoms with E-state index in [0.29, 0.717) is 0 Å². The van der Waals surface area contributed by atoms with Gasteiger partial charge in [-0.1, -0.05) is 11.6 Å². The van der Waals surface area contributed by atoms with Gasteiger partial charge < -0.3 is 5.73 Å². The van der Waals surface area contributed by atoms with E-state index in [1.54, 1.807) is 0 Å². The van der Waals surface area contributed by atoms with Gasteiger partial charge in [0.2, 0.25) is 10.0 Å². The first-order chi connectivity index (χ1) is 8.12. The molecular weight excluding hydrogens is 293 g/mol. The van der Waals surface area contributed by atoms with Crippen LogP contribution in [0.1, 0.15) is 6.42 Å². The highest BCUT2D eigenvalue weighted by Gasteiger charge is 2.27. The molecule has 9 heteroatoms. The number of hydrogen-bond donors (Lipinski definition) is 2. The van der Waals surface area contributed by atoms with Crippen LogP contribution in [0.25, 0.3) is 0 Å². The van der Waals surface area contributed by atoms with E-state index in [-0.39, 0.29) is 15.6 Å². The number of nitrogen functional groups attached to an aromatic ring is 1. The Kier molecular flexibility index (Phi) is 4.46. The van der Waals surface area contributed by atoms with Crippen LogP contribution in [0.5, 0.6) is 0 Å². The molecule has 0 aliphatic carbocycles. The first-order valence-electron chi connectivity index (χ1n) is 4.73. The number of hydrogen-bond acceptors (Lipinski definition) is 3. The molecule has 18 heavy (non-hydrogen) atoms.